The molecule has 0 aliphatic rings. The molecule has 5 nitrogen and oxygen atoms in total. The molecular weight excluding hydrogens is 276 g/mol. The van der Waals surface area contributed by atoms with E-state index in [9.17, 15) is 4.79 Å². The maximum Gasteiger partial charge on any atom is 0.318 e. The van der Waals surface area contributed by atoms with E-state index in [0.29, 0.717) is 19.8 Å². The van der Waals surface area contributed by atoms with Crippen molar-refractivity contribution in [3.05, 3.63) is 18.2 Å². The molecule has 1 aromatic heterocycles. The van der Waals surface area contributed by atoms with Crippen molar-refractivity contribution in [1.82, 2.24) is 4.98 Å². The van der Waals surface area contributed by atoms with Gasteiger partial charge in [-0.3, -0.25) is 4.79 Å². The molecule has 1 aromatic rings. The molecule has 92 valence electrons. The van der Waals surface area contributed by atoms with Gasteiger partial charge in [-0.1, -0.05) is 0 Å². The lowest BCUT2D eigenvalue weighted by Gasteiger charge is -2.02. The minimum Gasteiger partial charge on any atom is -1.00 e. The zero-order chi connectivity index (χ0) is 11.1. The third-order valence-electron chi connectivity index (χ3n) is 1.98. The highest BCUT2D eigenvalue weighted by Crippen LogP contribution is 1.91. The number of halogens is 1. The topological polar surface area (TPSA) is 55.2 Å². The van der Waals surface area contributed by atoms with E-state index < -0.39 is 0 Å². The molecule has 0 aromatic carbocycles. The Labute approximate surface area is 106 Å². The van der Waals surface area contributed by atoms with Crippen LogP contribution < -0.4 is 21.5 Å². The lowest BCUT2D eigenvalue weighted by atomic mass is 10.4. The second-order valence-electron chi connectivity index (χ2n) is 3.11. The summed E-state index contributed by atoms with van der Waals surface area (Å²) >= 11 is 0. The van der Waals surface area contributed by atoms with Gasteiger partial charge in [0.1, 0.15) is 25.4 Å². The number of nitrogens with one attached hydrogen (secondary N) is 1. The molecule has 16 heavy (non-hydrogen) atoms. The van der Waals surface area contributed by atoms with Gasteiger partial charge in [-0.05, 0) is 6.92 Å². The number of carbonyl (C=O) groups is 1. The van der Waals surface area contributed by atoms with Gasteiger partial charge < -0.3 is 26.5 Å². The number of aromatic amines is 1. The first-order valence-corrected chi connectivity index (χ1v) is 4.99. The predicted octanol–water partition coefficient (Wildman–Crippen LogP) is -3.03. The van der Waals surface area contributed by atoms with Crippen LogP contribution in [0.25, 0.3) is 0 Å². The van der Waals surface area contributed by atoms with E-state index >= 15 is 0 Å². The summed E-state index contributed by atoms with van der Waals surface area (Å²) in [5, 5.41) is 0. The molecule has 0 spiro atoms. The second-order valence-corrected chi connectivity index (χ2v) is 3.11. The molecule has 0 saturated carbocycles. The van der Waals surface area contributed by atoms with Crippen LogP contribution in [0.2, 0.25) is 0 Å². The number of aryl methyl sites for hydroxylation is 1. The monoisotopic (exact) mass is 292 g/mol. The van der Waals surface area contributed by atoms with Crippen LogP contribution in [0.15, 0.2) is 12.4 Å². The largest absolute Gasteiger partial charge is 1.00 e. The maximum atomic E-state index is 11.3. The van der Waals surface area contributed by atoms with E-state index in [4.69, 9.17) is 9.47 Å². The molecule has 0 aliphatic heterocycles. The fourth-order valence-corrected chi connectivity index (χ4v) is 1.16. The number of carbonyl (C=O) groups excluding carboxylic acids is 1. The van der Waals surface area contributed by atoms with Gasteiger partial charge in [-0.2, -0.15) is 0 Å². The second kappa shape index (κ2) is 8.29. The number of imidazole rings is 1. The van der Waals surface area contributed by atoms with E-state index in [1.807, 2.05) is 24.7 Å². The summed E-state index contributed by atoms with van der Waals surface area (Å²) in [6, 6.07) is 0. The number of ether oxygens (including phenoxy) is 2. The lowest BCUT2D eigenvalue weighted by molar-refractivity contribution is -0.677. The molecule has 0 aliphatic carbocycles. The van der Waals surface area contributed by atoms with Gasteiger partial charge in [0.25, 0.3) is 5.82 Å². The number of nitrogens with zero attached hydrogens (tertiary/aromatic N) is 1. The number of rotatable bonds is 6. The minimum absolute atomic E-state index is 0. The Hall–Kier alpha value is -0.880. The third kappa shape index (κ3) is 5.27. The van der Waals surface area contributed by atoms with Gasteiger partial charge >= 0.3 is 5.97 Å². The number of aromatic nitrogens is 2. The van der Waals surface area contributed by atoms with Crippen molar-refractivity contribution in [2.24, 2.45) is 7.05 Å². The van der Waals surface area contributed by atoms with Gasteiger partial charge in [0.2, 0.25) is 0 Å². The van der Waals surface area contributed by atoms with Crippen molar-refractivity contribution >= 4 is 5.97 Å². The molecule has 0 radical (unpaired) electrons. The maximum absolute atomic E-state index is 11.3. The van der Waals surface area contributed by atoms with Gasteiger partial charge in [0.05, 0.1) is 13.7 Å². The van der Waals surface area contributed by atoms with Crippen molar-refractivity contribution in [1.29, 1.82) is 0 Å². The smallest absolute Gasteiger partial charge is 0.318 e. The number of hydrogen-bond donors (Lipinski definition) is 1. The van der Waals surface area contributed by atoms with Crippen LogP contribution in [-0.2, 0) is 27.7 Å². The van der Waals surface area contributed by atoms with Gasteiger partial charge in [-0.15, -0.1) is 0 Å². The first kappa shape index (κ1) is 15.1. The molecule has 1 heterocycles. The fourth-order valence-electron chi connectivity index (χ4n) is 1.16. The summed E-state index contributed by atoms with van der Waals surface area (Å²) in [5.74, 6) is 0.587. The molecule has 0 amide bonds. The van der Waals surface area contributed by atoms with Crippen molar-refractivity contribution in [3.8, 4) is 0 Å². The molecule has 0 atom stereocenters. The van der Waals surface area contributed by atoms with Crippen LogP contribution in [-0.4, -0.2) is 30.8 Å². The quantitative estimate of drug-likeness (QED) is 0.345. The van der Waals surface area contributed by atoms with Crippen molar-refractivity contribution in [2.75, 3.05) is 19.8 Å². The Kier molecular flexibility index (Phi) is 7.84. The standard InChI is InChI=1S/C10H16N2O3.BrH/c1-3-14-6-7-15-10(13)8-9-11-4-5-12(9)2;/h4-5H,3,6-8H2,1-2H3;1H. The summed E-state index contributed by atoms with van der Waals surface area (Å²) in [4.78, 5) is 14.3. The van der Waals surface area contributed by atoms with Crippen LogP contribution in [0.1, 0.15) is 12.7 Å². The molecule has 0 fully saturated rings. The van der Waals surface area contributed by atoms with Gasteiger partial charge in [0.15, 0.2) is 0 Å². The average Bonchev–Trinajstić information content (AvgIpc) is 2.59. The predicted molar refractivity (Wildman–Crippen MR) is 53.1 cm³/mol. The summed E-state index contributed by atoms with van der Waals surface area (Å²) in [6.07, 6.45) is 3.89. The Morgan fingerprint density at radius 2 is 2.25 bits per heavy atom. The Morgan fingerprint density at radius 3 is 2.81 bits per heavy atom. The molecular formula is C10H17BrN2O3. The highest BCUT2D eigenvalue weighted by Gasteiger charge is 2.13. The molecule has 6 heteroatoms. The number of hydrogen-bond acceptors (Lipinski definition) is 3. The first-order chi connectivity index (χ1) is 7.24. The Morgan fingerprint density at radius 1 is 1.50 bits per heavy atom. The highest BCUT2D eigenvalue weighted by atomic mass is 79.9. The van der Waals surface area contributed by atoms with Crippen LogP contribution in [0, 0.1) is 0 Å². The number of esters is 1. The molecule has 1 rings (SSSR count). The number of H-pyrrole nitrogens is 1. The van der Waals surface area contributed by atoms with E-state index in [2.05, 4.69) is 4.98 Å². The highest BCUT2D eigenvalue weighted by molar-refractivity contribution is 5.71. The fraction of sp³-hybridized carbons (Fsp3) is 0.600. The van der Waals surface area contributed by atoms with Gasteiger partial charge in [-0.25, -0.2) is 9.55 Å². The normalized spacial score (nSPS) is 9.62. The molecule has 0 unspecified atom stereocenters. The van der Waals surface area contributed by atoms with E-state index in [1.54, 1.807) is 6.20 Å². The van der Waals surface area contributed by atoms with Gasteiger partial charge in [0, 0.05) is 6.61 Å². The van der Waals surface area contributed by atoms with Crippen molar-refractivity contribution in [2.45, 2.75) is 13.3 Å². The Balaban J connectivity index is 0.00000225. The van der Waals surface area contributed by atoms with Crippen molar-refractivity contribution < 1.29 is 35.8 Å². The lowest BCUT2D eigenvalue weighted by Crippen LogP contribution is -3.00. The summed E-state index contributed by atoms with van der Waals surface area (Å²) < 4.78 is 11.9. The van der Waals surface area contributed by atoms with Crippen LogP contribution in [0.3, 0.4) is 0 Å². The minimum atomic E-state index is -0.243. The summed E-state index contributed by atoms with van der Waals surface area (Å²) in [6.45, 7) is 3.32. The SMILES string of the molecule is CCOCCOC(=O)Cc1[nH]cc[n+]1C.[Br-]. The van der Waals surface area contributed by atoms with Crippen LogP contribution in [0.5, 0.6) is 0 Å². The summed E-state index contributed by atoms with van der Waals surface area (Å²) in [7, 11) is 1.87. The molecule has 0 saturated heterocycles. The van der Waals surface area contributed by atoms with E-state index in [-0.39, 0.29) is 29.4 Å². The van der Waals surface area contributed by atoms with E-state index in [0.717, 1.165) is 5.82 Å². The Bertz CT molecular complexity index is 315. The van der Waals surface area contributed by atoms with Crippen LogP contribution >= 0.6 is 0 Å². The zero-order valence-corrected chi connectivity index (χ0v) is 11.1. The van der Waals surface area contributed by atoms with Crippen LogP contribution in [0.4, 0.5) is 0 Å². The molecule has 1 N–H and O–H groups in total. The zero-order valence-electron chi connectivity index (χ0n) is 9.53. The first-order valence-electron chi connectivity index (χ1n) is 4.99. The van der Waals surface area contributed by atoms with Crippen molar-refractivity contribution in [3.63, 3.8) is 0 Å². The average molecular weight is 293 g/mol. The molecule has 0 bridgehead atoms. The third-order valence-corrected chi connectivity index (χ3v) is 1.98. The van der Waals surface area contributed by atoms with E-state index in [1.165, 1.54) is 0 Å². The summed E-state index contributed by atoms with van der Waals surface area (Å²) in [5.41, 5.74) is 0.